The molecule has 0 saturated carbocycles. The van der Waals surface area contributed by atoms with Crippen molar-refractivity contribution in [2.24, 2.45) is 0 Å². The number of nitrogens with zero attached hydrogens (tertiary/aromatic N) is 5. The average molecular weight is 339 g/mol. The van der Waals surface area contributed by atoms with Crippen molar-refractivity contribution in [3.63, 3.8) is 0 Å². The number of hydrogen-bond acceptors (Lipinski definition) is 3. The molecular weight excluding hydrogens is 322 g/mol. The minimum atomic E-state index is 0.712. The van der Waals surface area contributed by atoms with Crippen LogP contribution >= 0.6 is 0 Å². The van der Waals surface area contributed by atoms with E-state index in [9.17, 15) is 0 Å². The van der Waals surface area contributed by atoms with Gasteiger partial charge in [0, 0.05) is 16.9 Å². The molecule has 3 aromatic heterocycles. The number of benzene rings is 2. The third-order valence-corrected chi connectivity index (χ3v) is 4.88. The zero-order valence-corrected chi connectivity index (χ0v) is 14.6. The third kappa shape index (κ3) is 2.07. The Balaban J connectivity index is 1.83. The monoisotopic (exact) mass is 339 g/mol. The van der Waals surface area contributed by atoms with E-state index in [2.05, 4.69) is 35.6 Å². The van der Waals surface area contributed by atoms with E-state index < -0.39 is 0 Å². The number of rotatable bonds is 2. The standard InChI is InChI=1S/C21H17N5/c1-14-15(2)26(17-11-7-4-8-12-17)20-18(14)21-23-19(24-25(21)13-22-20)16-9-5-3-6-10-16/h3-13H,1-2H3. The van der Waals surface area contributed by atoms with E-state index in [-0.39, 0.29) is 0 Å². The van der Waals surface area contributed by atoms with E-state index in [4.69, 9.17) is 9.97 Å². The van der Waals surface area contributed by atoms with Gasteiger partial charge in [0.05, 0.1) is 5.39 Å². The summed E-state index contributed by atoms with van der Waals surface area (Å²) in [6.07, 6.45) is 1.75. The third-order valence-electron chi connectivity index (χ3n) is 4.88. The second-order valence-electron chi connectivity index (χ2n) is 6.39. The summed E-state index contributed by atoms with van der Waals surface area (Å²) in [6.45, 7) is 4.24. The van der Waals surface area contributed by atoms with Crippen LogP contribution < -0.4 is 0 Å². The zero-order chi connectivity index (χ0) is 17.7. The topological polar surface area (TPSA) is 48.0 Å². The van der Waals surface area contributed by atoms with E-state index in [1.165, 1.54) is 5.56 Å². The van der Waals surface area contributed by atoms with Gasteiger partial charge in [0.25, 0.3) is 0 Å². The fourth-order valence-electron chi connectivity index (χ4n) is 3.46. The minimum absolute atomic E-state index is 0.712. The summed E-state index contributed by atoms with van der Waals surface area (Å²) in [6, 6.07) is 20.3. The quantitative estimate of drug-likeness (QED) is 0.480. The van der Waals surface area contributed by atoms with Crippen molar-refractivity contribution in [1.82, 2.24) is 24.1 Å². The SMILES string of the molecule is Cc1c(C)n(-c2ccccc2)c2ncn3nc(-c4ccccc4)nc3c12. The molecule has 126 valence electrons. The van der Waals surface area contributed by atoms with Crippen LogP contribution in [0, 0.1) is 13.8 Å². The Labute approximate surface area is 150 Å². The molecule has 2 aromatic carbocycles. The minimum Gasteiger partial charge on any atom is -0.298 e. The molecule has 0 amide bonds. The number of aryl methyl sites for hydroxylation is 1. The smallest absolute Gasteiger partial charge is 0.182 e. The van der Waals surface area contributed by atoms with E-state index in [0.717, 1.165) is 33.6 Å². The van der Waals surface area contributed by atoms with E-state index in [1.54, 1.807) is 10.8 Å². The number of hydrogen-bond donors (Lipinski definition) is 0. The molecule has 3 heterocycles. The maximum absolute atomic E-state index is 4.82. The van der Waals surface area contributed by atoms with Crippen LogP contribution in [0.2, 0.25) is 0 Å². The fraction of sp³-hybridized carbons (Fsp3) is 0.0952. The maximum Gasteiger partial charge on any atom is 0.182 e. The van der Waals surface area contributed by atoms with Crippen LogP contribution in [0.4, 0.5) is 0 Å². The molecule has 5 nitrogen and oxygen atoms in total. The molecule has 0 fully saturated rings. The first-order valence-corrected chi connectivity index (χ1v) is 8.58. The van der Waals surface area contributed by atoms with Gasteiger partial charge in [0.1, 0.15) is 6.33 Å². The van der Waals surface area contributed by atoms with Crippen LogP contribution in [-0.4, -0.2) is 24.1 Å². The lowest BCUT2D eigenvalue weighted by atomic mass is 10.2. The second kappa shape index (κ2) is 5.52. The highest BCUT2D eigenvalue weighted by molar-refractivity contribution is 5.95. The summed E-state index contributed by atoms with van der Waals surface area (Å²) >= 11 is 0. The normalized spacial score (nSPS) is 11.5. The molecular formula is C21H17N5. The fourth-order valence-corrected chi connectivity index (χ4v) is 3.46. The van der Waals surface area contributed by atoms with Gasteiger partial charge < -0.3 is 0 Å². The van der Waals surface area contributed by atoms with Crippen molar-refractivity contribution >= 4 is 16.7 Å². The Morgan fingerprint density at radius 2 is 1.50 bits per heavy atom. The van der Waals surface area contributed by atoms with Gasteiger partial charge in [-0.15, -0.1) is 5.10 Å². The van der Waals surface area contributed by atoms with E-state index >= 15 is 0 Å². The molecule has 0 atom stereocenters. The highest BCUT2D eigenvalue weighted by Gasteiger charge is 2.19. The Morgan fingerprint density at radius 3 is 2.23 bits per heavy atom. The van der Waals surface area contributed by atoms with E-state index in [1.807, 2.05) is 48.5 Å². The number of fused-ring (bicyclic) bond motifs is 3. The van der Waals surface area contributed by atoms with Gasteiger partial charge in [-0.1, -0.05) is 48.5 Å². The molecule has 0 unspecified atom stereocenters. The van der Waals surface area contributed by atoms with Gasteiger partial charge in [0.15, 0.2) is 17.1 Å². The molecule has 0 aliphatic heterocycles. The van der Waals surface area contributed by atoms with Crippen LogP contribution in [0.25, 0.3) is 33.8 Å². The van der Waals surface area contributed by atoms with Gasteiger partial charge >= 0.3 is 0 Å². The molecule has 0 saturated heterocycles. The second-order valence-corrected chi connectivity index (χ2v) is 6.39. The molecule has 0 aliphatic rings. The molecule has 0 aliphatic carbocycles. The van der Waals surface area contributed by atoms with Gasteiger partial charge in [0.2, 0.25) is 0 Å². The van der Waals surface area contributed by atoms with Crippen molar-refractivity contribution in [2.45, 2.75) is 13.8 Å². The van der Waals surface area contributed by atoms with Gasteiger partial charge in [-0.05, 0) is 31.5 Å². The number of aromatic nitrogens is 5. The lowest BCUT2D eigenvalue weighted by Crippen LogP contribution is -1.98. The molecule has 5 heteroatoms. The number of para-hydroxylation sites is 1. The highest BCUT2D eigenvalue weighted by atomic mass is 15.3. The molecule has 0 spiro atoms. The summed E-state index contributed by atoms with van der Waals surface area (Å²) < 4.78 is 3.95. The van der Waals surface area contributed by atoms with Gasteiger partial charge in [-0.25, -0.2) is 14.5 Å². The Morgan fingerprint density at radius 1 is 0.808 bits per heavy atom. The summed E-state index contributed by atoms with van der Waals surface area (Å²) in [5.74, 6) is 0.712. The summed E-state index contributed by atoms with van der Waals surface area (Å²) in [5.41, 5.74) is 6.18. The largest absolute Gasteiger partial charge is 0.298 e. The molecule has 0 bridgehead atoms. The van der Waals surface area contributed by atoms with Crippen molar-refractivity contribution in [3.8, 4) is 17.1 Å². The Kier molecular flexibility index (Phi) is 3.15. The first-order chi connectivity index (χ1) is 12.7. The van der Waals surface area contributed by atoms with Gasteiger partial charge in [-0.3, -0.25) is 4.57 Å². The predicted molar refractivity (Wildman–Crippen MR) is 103 cm³/mol. The summed E-state index contributed by atoms with van der Waals surface area (Å²) in [4.78, 5) is 9.52. The first kappa shape index (κ1) is 14.8. The molecule has 5 rings (SSSR count). The van der Waals surface area contributed by atoms with Crippen LogP contribution in [0.15, 0.2) is 67.0 Å². The van der Waals surface area contributed by atoms with Crippen molar-refractivity contribution in [2.75, 3.05) is 0 Å². The average Bonchev–Trinajstić information content (AvgIpc) is 3.23. The van der Waals surface area contributed by atoms with Crippen LogP contribution in [0.1, 0.15) is 11.3 Å². The van der Waals surface area contributed by atoms with Crippen molar-refractivity contribution in [1.29, 1.82) is 0 Å². The van der Waals surface area contributed by atoms with Crippen molar-refractivity contribution in [3.05, 3.63) is 78.2 Å². The first-order valence-electron chi connectivity index (χ1n) is 8.58. The lowest BCUT2D eigenvalue weighted by molar-refractivity contribution is 0.927. The summed E-state index contributed by atoms with van der Waals surface area (Å²) in [5, 5.41) is 5.66. The summed E-state index contributed by atoms with van der Waals surface area (Å²) in [7, 11) is 0. The van der Waals surface area contributed by atoms with Crippen LogP contribution in [0.3, 0.4) is 0 Å². The molecule has 0 radical (unpaired) electrons. The maximum atomic E-state index is 4.82. The molecule has 0 N–H and O–H groups in total. The highest BCUT2D eigenvalue weighted by Crippen LogP contribution is 2.30. The molecule has 5 aromatic rings. The molecule has 26 heavy (non-hydrogen) atoms. The lowest BCUT2D eigenvalue weighted by Gasteiger charge is -2.07. The Bertz CT molecular complexity index is 1230. The van der Waals surface area contributed by atoms with Crippen molar-refractivity contribution < 1.29 is 0 Å². The van der Waals surface area contributed by atoms with Crippen LogP contribution in [0.5, 0.6) is 0 Å². The van der Waals surface area contributed by atoms with E-state index in [0.29, 0.717) is 5.82 Å². The van der Waals surface area contributed by atoms with Gasteiger partial charge in [-0.2, -0.15) is 0 Å². The zero-order valence-electron chi connectivity index (χ0n) is 14.6. The predicted octanol–water partition coefficient (Wildman–Crippen LogP) is 4.35. The van der Waals surface area contributed by atoms with Crippen LogP contribution in [-0.2, 0) is 0 Å². The Hall–Kier alpha value is -3.47.